The van der Waals surface area contributed by atoms with Crippen LogP contribution in [0.3, 0.4) is 0 Å². The standard InChI is InChI=1S/C24H24FN7O/c1-14(2)23-29-13-30-32(23)17-9-18(20-6-5-15(3)11-28-20)22(25)19(10-17)24(33)31-16(4)21-12-26-7-8-27-21/h5-14,16H,1-4H3,(H,31,33). The molecule has 0 aliphatic rings. The van der Waals surface area contributed by atoms with E-state index in [0.29, 0.717) is 22.9 Å². The average Bonchev–Trinajstić information content (AvgIpc) is 3.31. The second-order valence-corrected chi connectivity index (χ2v) is 8.09. The van der Waals surface area contributed by atoms with E-state index in [9.17, 15) is 4.79 Å². The van der Waals surface area contributed by atoms with Crippen molar-refractivity contribution in [3.63, 3.8) is 0 Å². The van der Waals surface area contributed by atoms with E-state index in [1.807, 2.05) is 26.8 Å². The number of aryl methyl sites for hydroxylation is 1. The Hall–Kier alpha value is -4.01. The molecule has 1 N–H and O–H groups in total. The van der Waals surface area contributed by atoms with Gasteiger partial charge in [-0.2, -0.15) is 5.10 Å². The van der Waals surface area contributed by atoms with Crippen molar-refractivity contribution >= 4 is 5.91 Å². The Morgan fingerprint density at radius 3 is 2.55 bits per heavy atom. The normalized spacial score (nSPS) is 12.1. The molecule has 0 saturated heterocycles. The minimum absolute atomic E-state index is 0.0763. The lowest BCUT2D eigenvalue weighted by molar-refractivity contribution is 0.0935. The van der Waals surface area contributed by atoms with Crippen LogP contribution in [0.5, 0.6) is 0 Å². The molecular weight excluding hydrogens is 421 g/mol. The number of carbonyl (C=O) groups excluding carboxylic acids is 1. The predicted molar refractivity (Wildman–Crippen MR) is 121 cm³/mol. The van der Waals surface area contributed by atoms with E-state index in [4.69, 9.17) is 0 Å². The molecule has 168 valence electrons. The van der Waals surface area contributed by atoms with Gasteiger partial charge in [0.1, 0.15) is 18.0 Å². The molecular formula is C24H24FN7O. The van der Waals surface area contributed by atoms with Gasteiger partial charge in [-0.3, -0.25) is 19.7 Å². The molecule has 33 heavy (non-hydrogen) atoms. The first kappa shape index (κ1) is 22.2. The lowest BCUT2D eigenvalue weighted by Gasteiger charge is -2.16. The van der Waals surface area contributed by atoms with Crippen LogP contribution in [-0.2, 0) is 0 Å². The number of amides is 1. The number of rotatable bonds is 6. The summed E-state index contributed by atoms with van der Waals surface area (Å²) in [6.45, 7) is 7.65. The van der Waals surface area contributed by atoms with Crippen molar-refractivity contribution in [3.05, 3.63) is 83.8 Å². The molecule has 1 aromatic carbocycles. The molecule has 3 heterocycles. The minimum atomic E-state index is -0.662. The Bertz CT molecular complexity index is 1270. The number of hydrogen-bond donors (Lipinski definition) is 1. The first-order valence-electron chi connectivity index (χ1n) is 10.6. The molecule has 4 aromatic rings. The maximum atomic E-state index is 15.7. The number of halogens is 1. The SMILES string of the molecule is Cc1ccc(-c2cc(-n3ncnc3C(C)C)cc(C(=O)NC(C)c3cnccn3)c2F)nc1. The molecule has 9 heteroatoms. The molecule has 4 rings (SSSR count). The monoisotopic (exact) mass is 445 g/mol. The zero-order valence-corrected chi connectivity index (χ0v) is 18.8. The summed E-state index contributed by atoms with van der Waals surface area (Å²) in [5.74, 6) is -0.464. The van der Waals surface area contributed by atoms with Crippen molar-refractivity contribution < 1.29 is 9.18 Å². The fourth-order valence-electron chi connectivity index (χ4n) is 3.44. The van der Waals surface area contributed by atoms with Gasteiger partial charge in [-0.15, -0.1) is 0 Å². The number of pyridine rings is 1. The van der Waals surface area contributed by atoms with Gasteiger partial charge in [0.15, 0.2) is 0 Å². The second-order valence-electron chi connectivity index (χ2n) is 8.09. The van der Waals surface area contributed by atoms with Crippen LogP contribution in [0.1, 0.15) is 60.2 Å². The van der Waals surface area contributed by atoms with E-state index in [-0.39, 0.29) is 17.0 Å². The van der Waals surface area contributed by atoms with Crippen LogP contribution in [0.4, 0.5) is 4.39 Å². The van der Waals surface area contributed by atoms with E-state index in [1.54, 1.807) is 48.5 Å². The predicted octanol–water partition coefficient (Wildman–Crippen LogP) is 4.18. The summed E-state index contributed by atoms with van der Waals surface area (Å²) in [6, 6.07) is 6.22. The third-order valence-corrected chi connectivity index (χ3v) is 5.20. The van der Waals surface area contributed by atoms with Crippen LogP contribution >= 0.6 is 0 Å². The van der Waals surface area contributed by atoms with Crippen LogP contribution < -0.4 is 5.32 Å². The Kier molecular flexibility index (Phi) is 6.21. The third kappa shape index (κ3) is 4.62. The summed E-state index contributed by atoms with van der Waals surface area (Å²) in [5, 5.41) is 7.11. The van der Waals surface area contributed by atoms with Gasteiger partial charge in [0.25, 0.3) is 5.91 Å². The molecule has 0 spiro atoms. The van der Waals surface area contributed by atoms with Crippen molar-refractivity contribution in [2.75, 3.05) is 0 Å². The topological polar surface area (TPSA) is 98.5 Å². The summed E-state index contributed by atoms with van der Waals surface area (Å²) in [7, 11) is 0. The van der Waals surface area contributed by atoms with E-state index in [1.165, 1.54) is 12.4 Å². The maximum Gasteiger partial charge on any atom is 0.254 e. The van der Waals surface area contributed by atoms with Crippen molar-refractivity contribution in [3.8, 4) is 16.9 Å². The van der Waals surface area contributed by atoms with Gasteiger partial charge >= 0.3 is 0 Å². The Morgan fingerprint density at radius 1 is 1.06 bits per heavy atom. The van der Waals surface area contributed by atoms with Gasteiger partial charge in [0.05, 0.1) is 34.9 Å². The van der Waals surface area contributed by atoms with Crippen molar-refractivity contribution in [1.29, 1.82) is 0 Å². The number of aromatic nitrogens is 6. The number of nitrogens with one attached hydrogen (secondary N) is 1. The van der Waals surface area contributed by atoms with Gasteiger partial charge in [0, 0.05) is 30.1 Å². The molecule has 8 nitrogen and oxygen atoms in total. The van der Waals surface area contributed by atoms with Gasteiger partial charge in [0.2, 0.25) is 0 Å². The Morgan fingerprint density at radius 2 is 1.88 bits per heavy atom. The summed E-state index contributed by atoms with van der Waals surface area (Å²) in [5.41, 5.74) is 2.54. The van der Waals surface area contributed by atoms with E-state index >= 15 is 4.39 Å². The van der Waals surface area contributed by atoms with Crippen LogP contribution in [0.2, 0.25) is 0 Å². The molecule has 0 radical (unpaired) electrons. The highest BCUT2D eigenvalue weighted by Crippen LogP contribution is 2.29. The van der Waals surface area contributed by atoms with Gasteiger partial charge in [-0.1, -0.05) is 19.9 Å². The van der Waals surface area contributed by atoms with E-state index < -0.39 is 17.8 Å². The van der Waals surface area contributed by atoms with Gasteiger partial charge in [-0.05, 0) is 37.6 Å². The molecule has 1 atom stereocenters. The highest BCUT2D eigenvalue weighted by molar-refractivity contribution is 5.96. The lowest BCUT2D eigenvalue weighted by Crippen LogP contribution is -2.28. The van der Waals surface area contributed by atoms with Crippen molar-refractivity contribution in [2.24, 2.45) is 0 Å². The minimum Gasteiger partial charge on any atom is -0.344 e. The molecule has 3 aromatic heterocycles. The maximum absolute atomic E-state index is 15.7. The smallest absolute Gasteiger partial charge is 0.254 e. The molecule has 0 aliphatic carbocycles. The molecule has 0 bridgehead atoms. The number of nitrogens with zero attached hydrogens (tertiary/aromatic N) is 6. The van der Waals surface area contributed by atoms with Crippen molar-refractivity contribution in [2.45, 2.75) is 39.7 Å². The molecule has 0 aliphatic heterocycles. The first-order chi connectivity index (χ1) is 15.8. The van der Waals surface area contributed by atoms with Crippen LogP contribution in [0.15, 0.2) is 55.4 Å². The van der Waals surface area contributed by atoms with Crippen LogP contribution in [0.25, 0.3) is 16.9 Å². The molecule has 0 saturated carbocycles. The van der Waals surface area contributed by atoms with Crippen molar-refractivity contribution in [1.82, 2.24) is 35.0 Å². The molecule has 1 amide bonds. The zero-order valence-electron chi connectivity index (χ0n) is 18.8. The van der Waals surface area contributed by atoms with Crippen LogP contribution in [-0.4, -0.2) is 35.6 Å². The molecule has 0 fully saturated rings. The summed E-state index contributed by atoms with van der Waals surface area (Å²) >= 11 is 0. The average molecular weight is 446 g/mol. The second kappa shape index (κ2) is 9.23. The fourth-order valence-corrected chi connectivity index (χ4v) is 3.44. The Balaban J connectivity index is 1.81. The fraction of sp³-hybridized carbons (Fsp3) is 0.250. The Labute approximate surface area is 191 Å². The largest absolute Gasteiger partial charge is 0.344 e. The van der Waals surface area contributed by atoms with Gasteiger partial charge in [-0.25, -0.2) is 14.1 Å². The summed E-state index contributed by atoms with van der Waals surface area (Å²) in [6.07, 6.45) is 7.75. The summed E-state index contributed by atoms with van der Waals surface area (Å²) < 4.78 is 17.3. The highest BCUT2D eigenvalue weighted by atomic mass is 19.1. The summed E-state index contributed by atoms with van der Waals surface area (Å²) in [4.78, 5) is 30.1. The highest BCUT2D eigenvalue weighted by Gasteiger charge is 2.23. The number of carbonyl (C=O) groups is 1. The lowest BCUT2D eigenvalue weighted by atomic mass is 10.0. The van der Waals surface area contributed by atoms with Crippen LogP contribution in [0, 0.1) is 12.7 Å². The van der Waals surface area contributed by atoms with E-state index in [0.717, 1.165) is 5.56 Å². The number of benzene rings is 1. The van der Waals surface area contributed by atoms with Gasteiger partial charge < -0.3 is 5.32 Å². The zero-order chi connectivity index (χ0) is 23.5. The van der Waals surface area contributed by atoms with E-state index in [2.05, 4.69) is 30.4 Å². The quantitative estimate of drug-likeness (QED) is 0.478. The third-order valence-electron chi connectivity index (χ3n) is 5.20. The first-order valence-corrected chi connectivity index (χ1v) is 10.6. The number of hydrogen-bond acceptors (Lipinski definition) is 6. The molecule has 1 unspecified atom stereocenters.